The van der Waals surface area contributed by atoms with Crippen molar-refractivity contribution in [1.82, 2.24) is 0 Å². The number of aliphatic hydroxyl groups excluding tert-OH is 2. The van der Waals surface area contributed by atoms with Gasteiger partial charge in [0, 0.05) is 25.2 Å². The molecule has 0 aliphatic rings. The van der Waals surface area contributed by atoms with Gasteiger partial charge in [-0.3, -0.25) is 0 Å². The summed E-state index contributed by atoms with van der Waals surface area (Å²) >= 11 is 0. The van der Waals surface area contributed by atoms with Crippen molar-refractivity contribution in [3.8, 4) is 0 Å². The van der Waals surface area contributed by atoms with E-state index in [4.69, 9.17) is 10.2 Å². The van der Waals surface area contributed by atoms with Crippen LogP contribution in [0.5, 0.6) is 0 Å². The maximum atomic E-state index is 10.2. The fourth-order valence-corrected chi connectivity index (χ4v) is 4.65. The zero-order valence-corrected chi connectivity index (χ0v) is 26.9. The van der Waals surface area contributed by atoms with Gasteiger partial charge < -0.3 is 30.0 Å². The van der Waals surface area contributed by atoms with E-state index in [9.17, 15) is 19.8 Å². The molecule has 0 saturated carbocycles. The Kier molecular flexibility index (Phi) is 43.9. The molecule has 0 aliphatic carbocycles. The number of carbonyl (C=O) groups excluding carboxylic acids is 2. The molecule has 0 unspecified atom stereocenters. The Morgan fingerprint density at radius 3 is 0.641 bits per heavy atom. The largest absolute Gasteiger partial charge is 2.00 e. The maximum Gasteiger partial charge on any atom is 2.00 e. The number of carboxylic acid groups (broad SMARTS) is 2. The third-order valence-corrected chi connectivity index (χ3v) is 7.08. The molecule has 0 amide bonds. The van der Waals surface area contributed by atoms with E-state index in [1.165, 1.54) is 116 Å². The number of carbonyl (C=O) groups is 2. The average Bonchev–Trinajstić information content (AvgIpc) is 2.89. The fraction of sp³-hybridized carbons (Fsp3) is 0.938. The van der Waals surface area contributed by atoms with Crippen molar-refractivity contribution in [2.45, 2.75) is 180 Å². The molecular formula is C32H62MgO6. The Bertz CT molecular complexity index is 434. The number of hydrogen-bond acceptors (Lipinski definition) is 6. The summed E-state index contributed by atoms with van der Waals surface area (Å²) in [5.41, 5.74) is 0. The molecule has 0 rings (SSSR count). The normalized spacial score (nSPS) is 10.5. The van der Waals surface area contributed by atoms with Crippen LogP contribution in [0.4, 0.5) is 0 Å². The number of aliphatic hydroxyl groups is 2. The Labute approximate surface area is 257 Å². The minimum absolute atomic E-state index is 0. The zero-order valence-electron chi connectivity index (χ0n) is 25.4. The molecule has 0 aromatic carbocycles. The molecule has 0 fully saturated rings. The second kappa shape index (κ2) is 39.8. The van der Waals surface area contributed by atoms with Crippen LogP contribution < -0.4 is 10.2 Å². The maximum absolute atomic E-state index is 10.2. The van der Waals surface area contributed by atoms with Gasteiger partial charge in [-0.25, -0.2) is 0 Å². The molecule has 0 heterocycles. The van der Waals surface area contributed by atoms with E-state index in [1.54, 1.807) is 0 Å². The second-order valence-corrected chi connectivity index (χ2v) is 10.9. The summed E-state index contributed by atoms with van der Waals surface area (Å²) in [6.45, 7) is 0.673. The molecule has 0 radical (unpaired) electrons. The van der Waals surface area contributed by atoms with Crippen LogP contribution in [0, 0.1) is 0 Å². The second-order valence-electron chi connectivity index (χ2n) is 10.9. The number of rotatable bonds is 30. The Balaban J connectivity index is -0.000000648. The van der Waals surface area contributed by atoms with Crippen LogP contribution in [-0.2, 0) is 9.59 Å². The van der Waals surface area contributed by atoms with E-state index in [0.29, 0.717) is 13.2 Å². The van der Waals surface area contributed by atoms with Crippen molar-refractivity contribution in [2.24, 2.45) is 0 Å². The SMILES string of the molecule is O=C([O-])CCCCCCCCCCCCCCCO.O=C([O-])CCCCCCCCCCCCCCCO.[Mg+2]. The van der Waals surface area contributed by atoms with Crippen LogP contribution in [0.3, 0.4) is 0 Å². The Morgan fingerprint density at radius 2 is 0.487 bits per heavy atom. The molecule has 0 aliphatic heterocycles. The van der Waals surface area contributed by atoms with Crippen LogP contribution in [0.1, 0.15) is 180 Å². The Hall–Kier alpha value is -0.374. The van der Waals surface area contributed by atoms with Gasteiger partial charge >= 0.3 is 23.1 Å². The fourth-order valence-electron chi connectivity index (χ4n) is 4.65. The predicted octanol–water partition coefficient (Wildman–Crippen LogP) is 6.00. The third-order valence-electron chi connectivity index (χ3n) is 7.08. The number of carboxylic acids is 2. The minimum Gasteiger partial charge on any atom is -0.550 e. The van der Waals surface area contributed by atoms with Gasteiger partial charge in [0.15, 0.2) is 0 Å². The molecular weight excluding hydrogens is 505 g/mol. The third kappa shape index (κ3) is 47.7. The molecule has 2 N–H and O–H groups in total. The molecule has 0 atom stereocenters. The van der Waals surface area contributed by atoms with Crippen molar-refractivity contribution >= 4 is 35.0 Å². The number of hydrogen-bond donors (Lipinski definition) is 2. The van der Waals surface area contributed by atoms with Crippen LogP contribution in [0.2, 0.25) is 0 Å². The average molecular weight is 567 g/mol. The van der Waals surface area contributed by atoms with Crippen LogP contribution in [-0.4, -0.2) is 58.4 Å². The smallest absolute Gasteiger partial charge is 0.550 e. The van der Waals surface area contributed by atoms with Gasteiger partial charge in [0.05, 0.1) is 0 Å². The molecule has 0 bridgehead atoms. The molecule has 39 heavy (non-hydrogen) atoms. The van der Waals surface area contributed by atoms with Crippen LogP contribution in [0.25, 0.3) is 0 Å². The molecule has 6 nitrogen and oxygen atoms in total. The van der Waals surface area contributed by atoms with Crippen LogP contribution in [0.15, 0.2) is 0 Å². The van der Waals surface area contributed by atoms with Crippen LogP contribution >= 0.6 is 0 Å². The molecule has 0 aromatic rings. The molecule has 228 valence electrons. The summed E-state index contributed by atoms with van der Waals surface area (Å²) in [7, 11) is 0. The summed E-state index contributed by atoms with van der Waals surface area (Å²) < 4.78 is 0. The first kappa shape index (κ1) is 43.1. The summed E-state index contributed by atoms with van der Waals surface area (Å²) in [5, 5.41) is 37.7. The van der Waals surface area contributed by atoms with Crippen molar-refractivity contribution in [1.29, 1.82) is 0 Å². The first-order valence-electron chi connectivity index (χ1n) is 16.2. The standard InChI is InChI=1S/2C16H32O3.Mg/c2*17-15-13-11-9-7-5-3-1-2-4-6-8-10-12-14-16(18)19;/h2*17H,1-15H2,(H,18,19);/q;;+2/p-2. The van der Waals surface area contributed by atoms with Gasteiger partial charge in [0.1, 0.15) is 0 Å². The van der Waals surface area contributed by atoms with Gasteiger partial charge in [0.25, 0.3) is 0 Å². The molecule has 0 spiro atoms. The zero-order chi connectivity index (χ0) is 28.4. The monoisotopic (exact) mass is 566 g/mol. The molecule has 0 aromatic heterocycles. The predicted molar refractivity (Wildman–Crippen MR) is 159 cm³/mol. The van der Waals surface area contributed by atoms with E-state index in [2.05, 4.69) is 0 Å². The van der Waals surface area contributed by atoms with Crippen molar-refractivity contribution in [3.63, 3.8) is 0 Å². The summed E-state index contributed by atoms with van der Waals surface area (Å²) in [6.07, 6.45) is 31.4. The van der Waals surface area contributed by atoms with Gasteiger partial charge in [-0.2, -0.15) is 0 Å². The number of unbranched alkanes of at least 4 members (excludes halogenated alkanes) is 24. The van der Waals surface area contributed by atoms with E-state index in [-0.39, 0.29) is 35.9 Å². The quantitative estimate of drug-likeness (QED) is 0.0812. The minimum atomic E-state index is -0.918. The van der Waals surface area contributed by atoms with Gasteiger partial charge in [-0.1, -0.05) is 141 Å². The van der Waals surface area contributed by atoms with E-state index >= 15 is 0 Å². The van der Waals surface area contributed by atoms with E-state index < -0.39 is 11.9 Å². The number of aliphatic carboxylic acids is 2. The van der Waals surface area contributed by atoms with Gasteiger partial charge in [0.2, 0.25) is 0 Å². The van der Waals surface area contributed by atoms with Gasteiger partial charge in [-0.15, -0.1) is 0 Å². The van der Waals surface area contributed by atoms with Crippen molar-refractivity contribution < 1.29 is 30.0 Å². The summed E-state index contributed by atoms with van der Waals surface area (Å²) in [5.74, 6) is -1.84. The van der Waals surface area contributed by atoms with E-state index in [0.717, 1.165) is 51.4 Å². The van der Waals surface area contributed by atoms with Crippen molar-refractivity contribution in [3.05, 3.63) is 0 Å². The first-order chi connectivity index (χ1) is 18.5. The molecule has 7 heteroatoms. The Morgan fingerprint density at radius 1 is 0.333 bits per heavy atom. The first-order valence-corrected chi connectivity index (χ1v) is 16.2. The van der Waals surface area contributed by atoms with Gasteiger partial charge in [-0.05, 0) is 38.5 Å². The van der Waals surface area contributed by atoms with Crippen molar-refractivity contribution in [2.75, 3.05) is 13.2 Å². The molecule has 0 saturated heterocycles. The summed E-state index contributed by atoms with van der Waals surface area (Å²) in [6, 6.07) is 0. The topological polar surface area (TPSA) is 121 Å². The summed E-state index contributed by atoms with van der Waals surface area (Å²) in [4.78, 5) is 20.4. The van der Waals surface area contributed by atoms with E-state index in [1.807, 2.05) is 0 Å².